The second kappa shape index (κ2) is 5.66. The molecule has 0 fully saturated rings. The van der Waals surface area contributed by atoms with Crippen LogP contribution in [0.25, 0.3) is 0 Å². The summed E-state index contributed by atoms with van der Waals surface area (Å²) in [6.45, 7) is 4.50. The summed E-state index contributed by atoms with van der Waals surface area (Å²) in [7, 11) is 0. The van der Waals surface area contributed by atoms with E-state index in [9.17, 15) is 0 Å². The summed E-state index contributed by atoms with van der Waals surface area (Å²) in [5, 5.41) is 0. The second-order valence-electron chi connectivity index (χ2n) is 3.42. The average Bonchev–Trinajstić information content (AvgIpc) is 2.51. The number of hydrogen-bond acceptors (Lipinski definition) is 1. The van der Waals surface area contributed by atoms with E-state index in [1.807, 2.05) is 6.07 Å². The highest BCUT2D eigenvalue weighted by Gasteiger charge is 2.11. The molecule has 0 N–H and O–H groups in total. The van der Waals surface area contributed by atoms with Gasteiger partial charge in [-0.15, -0.1) is 11.3 Å². The van der Waals surface area contributed by atoms with Gasteiger partial charge in [0.2, 0.25) is 0 Å². The van der Waals surface area contributed by atoms with Crippen LogP contribution in [0.5, 0.6) is 0 Å². The molecule has 0 aliphatic heterocycles. The van der Waals surface area contributed by atoms with Crippen molar-refractivity contribution in [1.29, 1.82) is 0 Å². The average molecular weight is 217 g/mol. The highest BCUT2D eigenvalue weighted by Crippen LogP contribution is 2.33. The van der Waals surface area contributed by atoms with E-state index in [-0.39, 0.29) is 0 Å². The van der Waals surface area contributed by atoms with Gasteiger partial charge in [-0.05, 0) is 30.9 Å². The van der Waals surface area contributed by atoms with Gasteiger partial charge >= 0.3 is 0 Å². The predicted octanol–water partition coefficient (Wildman–Crippen LogP) is 5.09. The van der Waals surface area contributed by atoms with Crippen LogP contribution in [0.15, 0.2) is 12.1 Å². The maximum atomic E-state index is 5.92. The van der Waals surface area contributed by atoms with Crippen molar-refractivity contribution in [1.82, 2.24) is 0 Å². The normalized spacial score (nSPS) is 11.1. The zero-order chi connectivity index (χ0) is 9.68. The fourth-order valence-corrected chi connectivity index (χ4v) is 2.90. The van der Waals surface area contributed by atoms with Crippen molar-refractivity contribution in [2.45, 2.75) is 45.4 Å². The van der Waals surface area contributed by atoms with E-state index in [2.05, 4.69) is 19.9 Å². The molecule has 0 aromatic carbocycles. The van der Waals surface area contributed by atoms with Crippen molar-refractivity contribution in [3.05, 3.63) is 21.3 Å². The fourth-order valence-electron chi connectivity index (χ4n) is 1.67. The van der Waals surface area contributed by atoms with Crippen molar-refractivity contribution in [2.24, 2.45) is 0 Å². The van der Waals surface area contributed by atoms with Crippen LogP contribution in [0.3, 0.4) is 0 Å². The molecule has 0 atom stereocenters. The lowest BCUT2D eigenvalue weighted by atomic mass is 9.97. The Morgan fingerprint density at radius 1 is 1.23 bits per heavy atom. The van der Waals surface area contributed by atoms with E-state index in [0.717, 1.165) is 10.3 Å². The zero-order valence-electron chi connectivity index (χ0n) is 8.35. The van der Waals surface area contributed by atoms with E-state index in [0.29, 0.717) is 0 Å². The first kappa shape index (κ1) is 11.1. The van der Waals surface area contributed by atoms with Gasteiger partial charge in [0.25, 0.3) is 0 Å². The molecule has 2 heteroatoms. The highest BCUT2D eigenvalue weighted by atomic mass is 35.5. The van der Waals surface area contributed by atoms with Crippen LogP contribution in [0.4, 0.5) is 0 Å². The van der Waals surface area contributed by atoms with Gasteiger partial charge in [-0.1, -0.05) is 38.3 Å². The van der Waals surface area contributed by atoms with Crippen molar-refractivity contribution in [3.63, 3.8) is 0 Å². The van der Waals surface area contributed by atoms with E-state index < -0.39 is 0 Å². The molecule has 0 aliphatic carbocycles. The molecule has 74 valence electrons. The molecule has 1 heterocycles. The maximum absolute atomic E-state index is 5.92. The number of halogens is 1. The molecule has 0 nitrogen and oxygen atoms in total. The summed E-state index contributed by atoms with van der Waals surface area (Å²) in [5.74, 6) is 0.743. The Hall–Kier alpha value is -0.0100. The largest absolute Gasteiger partial charge is 0.128 e. The van der Waals surface area contributed by atoms with Crippen molar-refractivity contribution in [2.75, 3.05) is 0 Å². The van der Waals surface area contributed by atoms with Crippen LogP contribution in [-0.2, 0) is 0 Å². The molecule has 0 aliphatic rings. The van der Waals surface area contributed by atoms with Gasteiger partial charge in [0.1, 0.15) is 0 Å². The van der Waals surface area contributed by atoms with Crippen LogP contribution in [0, 0.1) is 0 Å². The predicted molar refractivity (Wildman–Crippen MR) is 61.9 cm³/mol. The second-order valence-corrected chi connectivity index (χ2v) is 5.16. The number of hydrogen-bond donors (Lipinski definition) is 0. The molecular formula is C11H17ClS. The summed E-state index contributed by atoms with van der Waals surface area (Å²) < 4.78 is 0.923. The Labute approximate surface area is 89.9 Å². The third-order valence-electron chi connectivity index (χ3n) is 2.27. The molecular weight excluding hydrogens is 200 g/mol. The molecule has 0 spiro atoms. The van der Waals surface area contributed by atoms with Crippen LogP contribution < -0.4 is 0 Å². The van der Waals surface area contributed by atoms with Crippen molar-refractivity contribution in [3.8, 4) is 0 Å². The summed E-state index contributed by atoms with van der Waals surface area (Å²) >= 11 is 7.66. The third kappa shape index (κ3) is 3.32. The van der Waals surface area contributed by atoms with Gasteiger partial charge in [0.05, 0.1) is 4.34 Å². The number of thiophene rings is 1. The topological polar surface area (TPSA) is 0 Å². The first-order valence-corrected chi connectivity index (χ1v) is 6.22. The first-order valence-electron chi connectivity index (χ1n) is 5.03. The van der Waals surface area contributed by atoms with E-state index >= 15 is 0 Å². The Morgan fingerprint density at radius 2 is 1.85 bits per heavy atom. The molecule has 0 saturated carbocycles. The minimum Gasteiger partial charge on any atom is -0.128 e. The molecule has 0 amide bonds. The minimum absolute atomic E-state index is 0.743. The monoisotopic (exact) mass is 216 g/mol. The lowest BCUT2D eigenvalue weighted by Gasteiger charge is -2.12. The Balaban J connectivity index is 2.63. The van der Waals surface area contributed by atoms with Gasteiger partial charge in [0.15, 0.2) is 0 Å². The van der Waals surface area contributed by atoms with Crippen LogP contribution in [0.2, 0.25) is 4.34 Å². The van der Waals surface area contributed by atoms with E-state index in [1.165, 1.54) is 30.6 Å². The fraction of sp³-hybridized carbons (Fsp3) is 0.636. The number of rotatable bonds is 5. The van der Waals surface area contributed by atoms with Crippen LogP contribution in [0.1, 0.15) is 50.3 Å². The maximum Gasteiger partial charge on any atom is 0.0931 e. The van der Waals surface area contributed by atoms with Gasteiger partial charge < -0.3 is 0 Å². The van der Waals surface area contributed by atoms with Gasteiger partial charge in [-0.2, -0.15) is 0 Å². The summed E-state index contributed by atoms with van der Waals surface area (Å²) in [4.78, 5) is 1.47. The summed E-state index contributed by atoms with van der Waals surface area (Å²) in [6.07, 6.45) is 5.12. The Morgan fingerprint density at radius 3 is 2.23 bits per heavy atom. The van der Waals surface area contributed by atoms with Gasteiger partial charge in [-0.25, -0.2) is 0 Å². The Kier molecular flexibility index (Phi) is 4.82. The lowest BCUT2D eigenvalue weighted by Crippen LogP contribution is -1.94. The summed E-state index contributed by atoms with van der Waals surface area (Å²) in [5.41, 5.74) is 0. The minimum atomic E-state index is 0.743. The third-order valence-corrected chi connectivity index (χ3v) is 3.66. The van der Waals surface area contributed by atoms with Gasteiger partial charge in [0, 0.05) is 4.88 Å². The molecule has 1 aromatic rings. The molecule has 1 rings (SSSR count). The molecule has 0 unspecified atom stereocenters. The quantitative estimate of drug-likeness (QED) is 0.644. The SMILES string of the molecule is CCCC(CCC)c1ccc(Cl)s1. The van der Waals surface area contributed by atoms with Crippen LogP contribution in [-0.4, -0.2) is 0 Å². The molecule has 1 aromatic heterocycles. The molecule has 0 bridgehead atoms. The van der Waals surface area contributed by atoms with E-state index in [1.54, 1.807) is 11.3 Å². The molecule has 0 saturated heterocycles. The van der Waals surface area contributed by atoms with Crippen molar-refractivity contribution >= 4 is 22.9 Å². The highest BCUT2D eigenvalue weighted by molar-refractivity contribution is 7.16. The zero-order valence-corrected chi connectivity index (χ0v) is 9.92. The Bertz CT molecular complexity index is 236. The van der Waals surface area contributed by atoms with Crippen LogP contribution >= 0.6 is 22.9 Å². The molecule has 0 radical (unpaired) electrons. The van der Waals surface area contributed by atoms with E-state index in [4.69, 9.17) is 11.6 Å². The molecule has 13 heavy (non-hydrogen) atoms. The standard InChI is InChI=1S/C11H17ClS/c1-3-5-9(6-4-2)10-7-8-11(12)13-10/h7-9H,3-6H2,1-2H3. The lowest BCUT2D eigenvalue weighted by molar-refractivity contribution is 0.569. The smallest absolute Gasteiger partial charge is 0.0931 e. The van der Waals surface area contributed by atoms with Crippen molar-refractivity contribution < 1.29 is 0 Å². The summed E-state index contributed by atoms with van der Waals surface area (Å²) in [6, 6.07) is 4.20. The first-order chi connectivity index (χ1) is 6.27. The van der Waals surface area contributed by atoms with Gasteiger partial charge in [-0.3, -0.25) is 0 Å².